The van der Waals surface area contributed by atoms with Gasteiger partial charge in [-0.3, -0.25) is 9.59 Å². The Balaban J connectivity index is 2.05. The monoisotopic (exact) mass is 513 g/mol. The molecule has 3 aromatic rings. The van der Waals surface area contributed by atoms with Crippen LogP contribution in [0.5, 0.6) is 0 Å². The van der Waals surface area contributed by atoms with Crippen molar-refractivity contribution >= 4 is 56.5 Å². The molecule has 0 atom stereocenters. The van der Waals surface area contributed by atoms with Crippen LogP contribution in [0.1, 0.15) is 32.1 Å². The zero-order valence-corrected chi connectivity index (χ0v) is 20.0. The van der Waals surface area contributed by atoms with Crippen molar-refractivity contribution in [3.63, 3.8) is 0 Å². The van der Waals surface area contributed by atoms with Crippen LogP contribution in [0.2, 0.25) is 15.1 Å². The van der Waals surface area contributed by atoms with Gasteiger partial charge in [0.25, 0.3) is 11.8 Å². The maximum atomic E-state index is 13.3. The summed E-state index contributed by atoms with van der Waals surface area (Å²) in [5.41, 5.74) is 5.66. The van der Waals surface area contributed by atoms with E-state index in [1.165, 1.54) is 43.1 Å². The largest absolute Gasteiger partial charge is 0.364 e. The topological polar surface area (TPSA) is 113 Å². The lowest BCUT2D eigenvalue weighted by Gasteiger charge is -2.18. The molecule has 3 rings (SSSR count). The zero-order valence-electron chi connectivity index (χ0n) is 16.9. The van der Waals surface area contributed by atoms with Crippen LogP contribution < -0.4 is 5.73 Å². The normalized spacial score (nSPS) is 11.4. The van der Waals surface area contributed by atoms with E-state index < -0.39 is 21.7 Å². The standard InChI is InChI=1S/C21H18Cl3N3O4S/c1-11-17(21(29)27(2)10-12-6-7-14(23)9-16(12)24)26-18(20(25)28)19(11)32(30,31)15-5-3-4-13(22)8-15/h3-9,26H,10H2,1-2H3,(H2,25,28). The fraction of sp³-hybridized carbons (Fsp3) is 0.143. The fourth-order valence-electron chi connectivity index (χ4n) is 3.22. The second kappa shape index (κ2) is 9.15. The molecular formula is C21H18Cl3N3O4S. The van der Waals surface area contributed by atoms with E-state index in [2.05, 4.69) is 4.98 Å². The van der Waals surface area contributed by atoms with Gasteiger partial charge in [-0.15, -0.1) is 0 Å². The number of hydrogen-bond donors (Lipinski definition) is 2. The number of sulfone groups is 1. The van der Waals surface area contributed by atoms with Crippen molar-refractivity contribution in [3.8, 4) is 0 Å². The molecule has 168 valence electrons. The highest BCUT2D eigenvalue weighted by Crippen LogP contribution is 2.31. The molecule has 7 nitrogen and oxygen atoms in total. The van der Waals surface area contributed by atoms with E-state index in [4.69, 9.17) is 40.5 Å². The number of aromatic amines is 1. The second-order valence-electron chi connectivity index (χ2n) is 7.05. The van der Waals surface area contributed by atoms with Gasteiger partial charge in [0, 0.05) is 28.7 Å². The molecule has 0 saturated heterocycles. The lowest BCUT2D eigenvalue weighted by atomic mass is 10.2. The Morgan fingerprint density at radius 1 is 1.03 bits per heavy atom. The van der Waals surface area contributed by atoms with Gasteiger partial charge in [-0.05, 0) is 48.4 Å². The number of nitrogens with one attached hydrogen (secondary N) is 1. The van der Waals surface area contributed by atoms with Crippen molar-refractivity contribution in [1.29, 1.82) is 0 Å². The lowest BCUT2D eigenvalue weighted by Crippen LogP contribution is -2.27. The van der Waals surface area contributed by atoms with E-state index in [-0.39, 0.29) is 38.3 Å². The summed E-state index contributed by atoms with van der Waals surface area (Å²) >= 11 is 18.0. The Morgan fingerprint density at radius 2 is 1.69 bits per heavy atom. The van der Waals surface area contributed by atoms with Crippen LogP contribution in [-0.4, -0.2) is 37.2 Å². The number of carbonyl (C=O) groups excluding carboxylic acids is 2. The summed E-state index contributed by atoms with van der Waals surface area (Å²) in [6.45, 7) is 1.55. The number of hydrogen-bond acceptors (Lipinski definition) is 4. The summed E-state index contributed by atoms with van der Waals surface area (Å²) in [5, 5.41) is 1.04. The predicted molar refractivity (Wildman–Crippen MR) is 123 cm³/mol. The number of amides is 2. The van der Waals surface area contributed by atoms with Crippen LogP contribution in [0.4, 0.5) is 0 Å². The highest BCUT2D eigenvalue weighted by Gasteiger charge is 2.32. The first-order chi connectivity index (χ1) is 14.9. The van der Waals surface area contributed by atoms with Gasteiger partial charge in [0.2, 0.25) is 9.84 Å². The maximum absolute atomic E-state index is 13.3. The molecule has 1 heterocycles. The van der Waals surface area contributed by atoms with Gasteiger partial charge in [-0.1, -0.05) is 46.9 Å². The Labute approximate surface area is 200 Å². The second-order valence-corrected chi connectivity index (χ2v) is 10.2. The molecule has 0 saturated carbocycles. The summed E-state index contributed by atoms with van der Waals surface area (Å²) in [6, 6.07) is 10.5. The molecule has 0 unspecified atom stereocenters. The van der Waals surface area contributed by atoms with Gasteiger partial charge >= 0.3 is 0 Å². The summed E-state index contributed by atoms with van der Waals surface area (Å²) in [4.78, 5) is 28.6. The summed E-state index contributed by atoms with van der Waals surface area (Å²) in [6.07, 6.45) is 0. The van der Waals surface area contributed by atoms with E-state index in [1.54, 1.807) is 18.2 Å². The molecule has 0 aliphatic rings. The van der Waals surface area contributed by atoms with Crippen LogP contribution >= 0.6 is 34.8 Å². The molecule has 0 radical (unpaired) electrons. The number of nitrogens with two attached hydrogens (primary N) is 1. The van der Waals surface area contributed by atoms with Gasteiger partial charge < -0.3 is 15.6 Å². The molecule has 0 bridgehead atoms. The van der Waals surface area contributed by atoms with Gasteiger partial charge in [0.05, 0.1) is 4.90 Å². The van der Waals surface area contributed by atoms with Crippen LogP contribution in [0, 0.1) is 6.92 Å². The van der Waals surface area contributed by atoms with Crippen molar-refractivity contribution in [3.05, 3.63) is 80.0 Å². The number of carbonyl (C=O) groups is 2. The summed E-state index contributed by atoms with van der Waals surface area (Å²) < 4.78 is 26.5. The van der Waals surface area contributed by atoms with Crippen molar-refractivity contribution in [2.24, 2.45) is 5.73 Å². The third-order valence-electron chi connectivity index (χ3n) is 4.80. The highest BCUT2D eigenvalue weighted by molar-refractivity contribution is 7.91. The first kappa shape index (κ1) is 24.1. The van der Waals surface area contributed by atoms with E-state index in [0.29, 0.717) is 15.6 Å². The smallest absolute Gasteiger partial charge is 0.270 e. The number of nitrogens with zero attached hydrogens (tertiary/aromatic N) is 1. The van der Waals surface area contributed by atoms with E-state index in [1.807, 2.05) is 0 Å². The third kappa shape index (κ3) is 4.63. The molecule has 0 aliphatic carbocycles. The van der Waals surface area contributed by atoms with Crippen LogP contribution in [-0.2, 0) is 16.4 Å². The summed E-state index contributed by atoms with van der Waals surface area (Å²) in [5.74, 6) is -1.57. The maximum Gasteiger partial charge on any atom is 0.270 e. The number of benzene rings is 2. The first-order valence-corrected chi connectivity index (χ1v) is 11.8. The fourth-order valence-corrected chi connectivity index (χ4v) is 5.64. The lowest BCUT2D eigenvalue weighted by molar-refractivity contribution is 0.0779. The number of rotatable bonds is 6. The number of halogens is 3. The summed E-state index contributed by atoms with van der Waals surface area (Å²) in [7, 11) is -2.68. The van der Waals surface area contributed by atoms with E-state index in [0.717, 1.165) is 0 Å². The van der Waals surface area contributed by atoms with Gasteiger partial charge in [-0.2, -0.15) is 0 Å². The molecule has 3 N–H and O–H groups in total. The third-order valence-corrected chi connectivity index (χ3v) is 7.54. The zero-order chi connectivity index (χ0) is 23.8. The minimum atomic E-state index is -4.20. The molecule has 2 aromatic carbocycles. The number of H-pyrrole nitrogens is 1. The molecule has 1 aromatic heterocycles. The molecule has 0 aliphatic heterocycles. The molecule has 32 heavy (non-hydrogen) atoms. The number of primary amides is 1. The number of aromatic nitrogens is 1. The van der Waals surface area contributed by atoms with E-state index in [9.17, 15) is 18.0 Å². The predicted octanol–water partition coefficient (Wildman–Crippen LogP) is 4.49. The van der Waals surface area contributed by atoms with Crippen LogP contribution in [0.25, 0.3) is 0 Å². The Hall–Kier alpha value is -2.52. The highest BCUT2D eigenvalue weighted by atomic mass is 35.5. The van der Waals surface area contributed by atoms with Gasteiger partial charge in [0.1, 0.15) is 16.3 Å². The van der Waals surface area contributed by atoms with Crippen molar-refractivity contribution in [1.82, 2.24) is 9.88 Å². The average molecular weight is 515 g/mol. The molecule has 2 amide bonds. The van der Waals surface area contributed by atoms with Crippen LogP contribution in [0.3, 0.4) is 0 Å². The van der Waals surface area contributed by atoms with Crippen molar-refractivity contribution in [2.45, 2.75) is 23.3 Å². The average Bonchev–Trinajstić information content (AvgIpc) is 3.07. The minimum Gasteiger partial charge on any atom is -0.364 e. The Kier molecular flexibility index (Phi) is 6.90. The van der Waals surface area contributed by atoms with Crippen LogP contribution in [0.15, 0.2) is 52.3 Å². The van der Waals surface area contributed by atoms with Gasteiger partial charge in [-0.25, -0.2) is 8.42 Å². The molecule has 0 spiro atoms. The Bertz CT molecular complexity index is 1340. The van der Waals surface area contributed by atoms with E-state index >= 15 is 0 Å². The quantitative estimate of drug-likeness (QED) is 0.504. The van der Waals surface area contributed by atoms with Crippen molar-refractivity contribution < 1.29 is 18.0 Å². The molecule has 11 heteroatoms. The SMILES string of the molecule is Cc1c(C(=O)N(C)Cc2ccc(Cl)cc2Cl)[nH]c(C(N)=O)c1S(=O)(=O)c1cccc(Cl)c1. The minimum absolute atomic E-state index is 0.0674. The molecule has 0 fully saturated rings. The van der Waals surface area contributed by atoms with Gasteiger partial charge in [0.15, 0.2) is 0 Å². The first-order valence-electron chi connectivity index (χ1n) is 9.16. The molecular weight excluding hydrogens is 497 g/mol. The van der Waals surface area contributed by atoms with Crippen molar-refractivity contribution in [2.75, 3.05) is 7.05 Å². The Morgan fingerprint density at radius 3 is 2.28 bits per heavy atom.